The van der Waals surface area contributed by atoms with E-state index in [2.05, 4.69) is 29.4 Å². The Labute approximate surface area is 140 Å². The molecule has 2 unspecified atom stereocenters. The number of aliphatic hydroxyl groups is 1. The molecule has 5 heteroatoms. The maximum Gasteiger partial charge on any atom is 0.191 e. The van der Waals surface area contributed by atoms with Crippen LogP contribution < -0.4 is 10.6 Å². The van der Waals surface area contributed by atoms with Gasteiger partial charge in [0.15, 0.2) is 5.96 Å². The van der Waals surface area contributed by atoms with Crippen molar-refractivity contribution in [1.29, 1.82) is 0 Å². The highest BCUT2D eigenvalue weighted by Crippen LogP contribution is 2.32. The standard InChI is InChI=1S/C18H34N4O/c1-3-19-17(20-13-18(23)9-5-4-6-10-18)21-16-12-22(11-14(16)2)15-7-8-15/h14-16,23H,3-13H2,1-2H3,(H2,19,20,21). The summed E-state index contributed by atoms with van der Waals surface area (Å²) in [5, 5.41) is 17.6. The molecule has 2 atom stereocenters. The lowest BCUT2D eigenvalue weighted by atomic mass is 9.85. The fourth-order valence-electron chi connectivity index (χ4n) is 4.02. The first kappa shape index (κ1) is 17.0. The summed E-state index contributed by atoms with van der Waals surface area (Å²) in [5.74, 6) is 1.53. The number of likely N-dealkylation sites (tertiary alicyclic amines) is 1. The fourth-order valence-corrected chi connectivity index (χ4v) is 4.02. The van der Waals surface area contributed by atoms with Gasteiger partial charge in [-0.3, -0.25) is 9.89 Å². The first-order valence-electron chi connectivity index (χ1n) is 9.61. The van der Waals surface area contributed by atoms with Crippen molar-refractivity contribution in [3.05, 3.63) is 0 Å². The van der Waals surface area contributed by atoms with E-state index in [1.165, 1.54) is 25.8 Å². The Balaban J connectivity index is 1.56. The van der Waals surface area contributed by atoms with Gasteiger partial charge < -0.3 is 15.7 Å². The van der Waals surface area contributed by atoms with Gasteiger partial charge in [-0.2, -0.15) is 0 Å². The SMILES string of the molecule is CCNC(=NCC1(O)CCCCC1)NC1CN(C2CC2)CC1C. The molecule has 0 aromatic carbocycles. The van der Waals surface area contributed by atoms with Gasteiger partial charge in [-0.1, -0.05) is 26.2 Å². The van der Waals surface area contributed by atoms with Crippen LogP contribution in [0.4, 0.5) is 0 Å². The zero-order chi connectivity index (χ0) is 16.3. The molecule has 3 N–H and O–H groups in total. The molecule has 0 bridgehead atoms. The smallest absolute Gasteiger partial charge is 0.191 e. The fraction of sp³-hybridized carbons (Fsp3) is 0.944. The molecule has 132 valence electrons. The summed E-state index contributed by atoms with van der Waals surface area (Å²) in [6.45, 7) is 8.14. The second-order valence-corrected chi connectivity index (χ2v) is 7.89. The summed E-state index contributed by atoms with van der Waals surface area (Å²) >= 11 is 0. The zero-order valence-electron chi connectivity index (χ0n) is 14.9. The van der Waals surface area contributed by atoms with E-state index in [1.807, 2.05) is 0 Å². The third kappa shape index (κ3) is 4.60. The van der Waals surface area contributed by atoms with Crippen LogP contribution >= 0.6 is 0 Å². The van der Waals surface area contributed by atoms with Gasteiger partial charge in [0.25, 0.3) is 0 Å². The minimum Gasteiger partial charge on any atom is -0.388 e. The highest BCUT2D eigenvalue weighted by Gasteiger charge is 2.38. The lowest BCUT2D eigenvalue weighted by Gasteiger charge is -2.31. The van der Waals surface area contributed by atoms with Gasteiger partial charge >= 0.3 is 0 Å². The summed E-state index contributed by atoms with van der Waals surface area (Å²) in [6, 6.07) is 1.31. The van der Waals surface area contributed by atoms with E-state index in [1.54, 1.807) is 0 Å². The van der Waals surface area contributed by atoms with E-state index in [-0.39, 0.29) is 0 Å². The molecule has 0 aromatic heterocycles. The van der Waals surface area contributed by atoms with Crippen LogP contribution in [0.2, 0.25) is 0 Å². The van der Waals surface area contributed by atoms with E-state index in [0.717, 1.165) is 50.8 Å². The van der Waals surface area contributed by atoms with E-state index < -0.39 is 5.60 Å². The number of guanidine groups is 1. The molecule has 3 aliphatic rings. The van der Waals surface area contributed by atoms with Gasteiger partial charge in [0.1, 0.15) is 0 Å². The van der Waals surface area contributed by atoms with Crippen molar-refractivity contribution >= 4 is 5.96 Å². The molecule has 2 saturated carbocycles. The quantitative estimate of drug-likeness (QED) is 0.533. The zero-order valence-corrected chi connectivity index (χ0v) is 14.9. The monoisotopic (exact) mass is 322 g/mol. The Kier molecular flexibility index (Phi) is 5.47. The lowest BCUT2D eigenvalue weighted by Crippen LogP contribution is -2.47. The summed E-state index contributed by atoms with van der Waals surface area (Å²) < 4.78 is 0. The highest BCUT2D eigenvalue weighted by atomic mass is 16.3. The van der Waals surface area contributed by atoms with E-state index in [0.29, 0.717) is 18.5 Å². The minimum absolute atomic E-state index is 0.467. The van der Waals surface area contributed by atoms with Crippen LogP contribution in [0.15, 0.2) is 4.99 Å². The van der Waals surface area contributed by atoms with Crippen molar-refractivity contribution in [1.82, 2.24) is 15.5 Å². The van der Waals surface area contributed by atoms with Crippen molar-refractivity contribution in [3.8, 4) is 0 Å². The van der Waals surface area contributed by atoms with Crippen molar-refractivity contribution < 1.29 is 5.11 Å². The van der Waals surface area contributed by atoms with Gasteiger partial charge in [0, 0.05) is 31.7 Å². The van der Waals surface area contributed by atoms with Crippen molar-refractivity contribution in [3.63, 3.8) is 0 Å². The number of nitrogens with one attached hydrogen (secondary N) is 2. The van der Waals surface area contributed by atoms with Crippen LogP contribution in [0.3, 0.4) is 0 Å². The lowest BCUT2D eigenvalue weighted by molar-refractivity contribution is 0.0131. The van der Waals surface area contributed by atoms with Gasteiger partial charge in [-0.25, -0.2) is 0 Å². The molecule has 0 amide bonds. The van der Waals surface area contributed by atoms with Crippen molar-refractivity contribution in [2.75, 3.05) is 26.2 Å². The molecule has 0 aromatic rings. The molecule has 2 aliphatic carbocycles. The highest BCUT2D eigenvalue weighted by molar-refractivity contribution is 5.80. The van der Waals surface area contributed by atoms with Crippen LogP contribution in [0, 0.1) is 5.92 Å². The Bertz CT molecular complexity index is 415. The molecule has 0 radical (unpaired) electrons. The van der Waals surface area contributed by atoms with Crippen LogP contribution in [0.25, 0.3) is 0 Å². The largest absolute Gasteiger partial charge is 0.388 e. The Hall–Kier alpha value is -0.810. The van der Waals surface area contributed by atoms with Gasteiger partial charge in [0.2, 0.25) is 0 Å². The van der Waals surface area contributed by atoms with Crippen LogP contribution in [0.5, 0.6) is 0 Å². The molecule has 1 aliphatic heterocycles. The molecular formula is C18H34N4O. The number of rotatable bonds is 5. The van der Waals surface area contributed by atoms with Crippen LogP contribution in [-0.2, 0) is 0 Å². The molecule has 5 nitrogen and oxygen atoms in total. The van der Waals surface area contributed by atoms with Gasteiger partial charge in [-0.15, -0.1) is 0 Å². The molecule has 1 heterocycles. The van der Waals surface area contributed by atoms with E-state index >= 15 is 0 Å². The predicted octanol–water partition coefficient (Wildman–Crippen LogP) is 1.72. The number of aliphatic imine (C=N–C) groups is 1. The number of nitrogens with zero attached hydrogens (tertiary/aromatic N) is 2. The number of hydrogen-bond donors (Lipinski definition) is 3. The van der Waals surface area contributed by atoms with Crippen molar-refractivity contribution in [2.45, 2.75) is 76.5 Å². The first-order valence-corrected chi connectivity index (χ1v) is 9.61. The molecule has 3 rings (SSSR count). The first-order chi connectivity index (χ1) is 11.1. The summed E-state index contributed by atoms with van der Waals surface area (Å²) in [7, 11) is 0. The van der Waals surface area contributed by atoms with Crippen LogP contribution in [0.1, 0.15) is 58.8 Å². The Morgan fingerprint density at radius 1 is 1.22 bits per heavy atom. The second-order valence-electron chi connectivity index (χ2n) is 7.89. The van der Waals surface area contributed by atoms with Gasteiger partial charge in [-0.05, 0) is 38.5 Å². The van der Waals surface area contributed by atoms with E-state index in [9.17, 15) is 5.11 Å². The topological polar surface area (TPSA) is 59.9 Å². The average Bonchev–Trinajstić information content (AvgIpc) is 3.31. The van der Waals surface area contributed by atoms with Crippen LogP contribution in [-0.4, -0.2) is 59.8 Å². The van der Waals surface area contributed by atoms with Crippen molar-refractivity contribution in [2.24, 2.45) is 10.9 Å². The molecule has 0 spiro atoms. The third-order valence-corrected chi connectivity index (χ3v) is 5.69. The molecule has 3 fully saturated rings. The molecule has 23 heavy (non-hydrogen) atoms. The Morgan fingerprint density at radius 2 is 1.96 bits per heavy atom. The van der Waals surface area contributed by atoms with E-state index in [4.69, 9.17) is 4.99 Å². The average molecular weight is 322 g/mol. The minimum atomic E-state index is -0.581. The van der Waals surface area contributed by atoms with Gasteiger partial charge in [0.05, 0.1) is 12.1 Å². The maximum atomic E-state index is 10.7. The number of hydrogen-bond acceptors (Lipinski definition) is 3. The summed E-state index contributed by atoms with van der Waals surface area (Å²) in [6.07, 6.45) is 8.05. The third-order valence-electron chi connectivity index (χ3n) is 5.69. The summed E-state index contributed by atoms with van der Waals surface area (Å²) in [4.78, 5) is 7.34. The maximum absolute atomic E-state index is 10.7. The second kappa shape index (κ2) is 7.39. The normalized spacial score (nSPS) is 32.0. The summed E-state index contributed by atoms with van der Waals surface area (Å²) in [5.41, 5.74) is -0.581. The Morgan fingerprint density at radius 3 is 2.61 bits per heavy atom. The molecular weight excluding hydrogens is 288 g/mol. The molecule has 1 saturated heterocycles. The predicted molar refractivity (Wildman–Crippen MR) is 94.7 cm³/mol.